The van der Waals surface area contributed by atoms with E-state index in [-0.39, 0.29) is 36.2 Å². The van der Waals surface area contributed by atoms with Gasteiger partial charge in [0.15, 0.2) is 0 Å². The number of nitrogens with zero attached hydrogens (tertiary/aromatic N) is 1. The van der Waals surface area contributed by atoms with Gasteiger partial charge in [-0.2, -0.15) is 5.10 Å². The summed E-state index contributed by atoms with van der Waals surface area (Å²) in [4.78, 5) is 22.3. The van der Waals surface area contributed by atoms with E-state index in [0.717, 1.165) is 0 Å². The number of H-pyrrole nitrogens is 1. The van der Waals surface area contributed by atoms with Crippen molar-refractivity contribution in [3.8, 4) is 0 Å². The van der Waals surface area contributed by atoms with Crippen LogP contribution in [-0.2, 0) is 4.79 Å². The van der Waals surface area contributed by atoms with Crippen LogP contribution in [0.5, 0.6) is 0 Å². The fourth-order valence-corrected chi connectivity index (χ4v) is 0.987. The number of carbonyl (C=O) groups is 2. The zero-order chi connectivity index (χ0) is 11.3. The fourth-order valence-electron chi connectivity index (χ4n) is 0.987. The predicted octanol–water partition coefficient (Wildman–Crippen LogP) is -1.14. The first-order valence-electron chi connectivity index (χ1n) is 4.42. The summed E-state index contributed by atoms with van der Waals surface area (Å²) >= 11 is 0. The topological polar surface area (TPSA) is 113 Å². The van der Waals surface area contributed by atoms with E-state index in [1.807, 2.05) is 0 Å². The van der Waals surface area contributed by atoms with Crippen LogP contribution in [0.15, 0.2) is 6.20 Å². The maximum absolute atomic E-state index is 11.4. The fraction of sp³-hybridized carbons (Fsp3) is 0.375. The molecule has 0 fully saturated rings. The number of nitrogens with one attached hydrogen (secondary N) is 3. The molecular weight excluding hydrogens is 198 g/mol. The quantitative estimate of drug-likeness (QED) is 0.504. The summed E-state index contributed by atoms with van der Waals surface area (Å²) in [5.74, 6) is -0.256. The third kappa shape index (κ3) is 2.97. The predicted molar refractivity (Wildman–Crippen MR) is 54.0 cm³/mol. The number of rotatable bonds is 4. The number of hydrogen-bond acceptors (Lipinski definition) is 4. The summed E-state index contributed by atoms with van der Waals surface area (Å²) < 4.78 is 0. The Morgan fingerprint density at radius 3 is 2.87 bits per heavy atom. The monoisotopic (exact) mass is 211 g/mol. The smallest absolute Gasteiger partial charge is 0.256 e. The van der Waals surface area contributed by atoms with Crippen molar-refractivity contribution in [1.29, 1.82) is 0 Å². The van der Waals surface area contributed by atoms with E-state index >= 15 is 0 Å². The molecule has 0 radical (unpaired) electrons. The van der Waals surface area contributed by atoms with Gasteiger partial charge < -0.3 is 16.4 Å². The minimum Gasteiger partial charge on any atom is -0.383 e. The normalized spacial score (nSPS) is 9.67. The second-order valence-electron chi connectivity index (χ2n) is 2.88. The summed E-state index contributed by atoms with van der Waals surface area (Å²) in [7, 11) is 1.54. The molecule has 82 valence electrons. The molecule has 0 aliphatic heterocycles. The van der Waals surface area contributed by atoms with Gasteiger partial charge in [-0.15, -0.1) is 0 Å². The van der Waals surface area contributed by atoms with Crippen LogP contribution in [0.2, 0.25) is 0 Å². The van der Waals surface area contributed by atoms with Gasteiger partial charge in [-0.3, -0.25) is 14.7 Å². The van der Waals surface area contributed by atoms with Gasteiger partial charge in [-0.25, -0.2) is 0 Å². The molecule has 1 heterocycles. The highest BCUT2D eigenvalue weighted by molar-refractivity contribution is 5.98. The van der Waals surface area contributed by atoms with Crippen LogP contribution >= 0.6 is 0 Å². The number of nitrogen functional groups attached to an aromatic ring is 1. The van der Waals surface area contributed by atoms with Gasteiger partial charge >= 0.3 is 0 Å². The van der Waals surface area contributed by atoms with Crippen molar-refractivity contribution in [1.82, 2.24) is 20.8 Å². The first-order chi connectivity index (χ1) is 7.15. The van der Waals surface area contributed by atoms with Crippen molar-refractivity contribution >= 4 is 17.6 Å². The van der Waals surface area contributed by atoms with Crippen molar-refractivity contribution in [3.63, 3.8) is 0 Å². The molecule has 0 saturated heterocycles. The summed E-state index contributed by atoms with van der Waals surface area (Å²) in [6.45, 7) is 0.267. The van der Waals surface area contributed by atoms with E-state index in [4.69, 9.17) is 5.73 Å². The minimum atomic E-state index is -0.342. The number of aromatic nitrogens is 2. The summed E-state index contributed by atoms with van der Waals surface area (Å²) in [6, 6.07) is 0. The Morgan fingerprint density at radius 1 is 1.60 bits per heavy atom. The minimum absolute atomic E-state index is 0.129. The lowest BCUT2D eigenvalue weighted by Crippen LogP contribution is -2.29. The Balaban J connectivity index is 2.38. The highest BCUT2D eigenvalue weighted by atomic mass is 16.2. The zero-order valence-corrected chi connectivity index (χ0v) is 8.33. The maximum Gasteiger partial charge on any atom is 0.256 e. The average Bonchev–Trinajstić information content (AvgIpc) is 2.64. The third-order valence-electron chi connectivity index (χ3n) is 1.83. The third-order valence-corrected chi connectivity index (χ3v) is 1.83. The maximum atomic E-state index is 11.4. The van der Waals surface area contributed by atoms with Gasteiger partial charge in [-0.05, 0) is 0 Å². The number of hydrogen-bond donors (Lipinski definition) is 4. The van der Waals surface area contributed by atoms with Gasteiger partial charge in [0.05, 0.1) is 6.20 Å². The van der Waals surface area contributed by atoms with E-state index in [1.165, 1.54) is 13.2 Å². The SMILES string of the molecule is CNC(=O)CCNC(=O)c1cn[nH]c1N. The van der Waals surface area contributed by atoms with Crippen molar-refractivity contribution < 1.29 is 9.59 Å². The van der Waals surface area contributed by atoms with Gasteiger partial charge in [0, 0.05) is 20.0 Å². The second-order valence-corrected chi connectivity index (χ2v) is 2.88. The lowest BCUT2D eigenvalue weighted by molar-refractivity contribution is -0.120. The van der Waals surface area contributed by atoms with E-state index in [0.29, 0.717) is 0 Å². The van der Waals surface area contributed by atoms with Crippen molar-refractivity contribution in [2.75, 3.05) is 19.3 Å². The van der Waals surface area contributed by atoms with Gasteiger partial charge in [0.2, 0.25) is 5.91 Å². The Labute approximate surface area is 86.4 Å². The molecule has 0 spiro atoms. The number of aromatic amines is 1. The van der Waals surface area contributed by atoms with Crippen LogP contribution in [0.25, 0.3) is 0 Å². The molecule has 0 aliphatic rings. The van der Waals surface area contributed by atoms with Crippen LogP contribution in [0.3, 0.4) is 0 Å². The molecule has 0 saturated carbocycles. The number of nitrogens with two attached hydrogens (primary N) is 1. The molecule has 1 aromatic rings. The summed E-state index contributed by atoms with van der Waals surface area (Å²) in [6.07, 6.45) is 1.57. The van der Waals surface area contributed by atoms with Crippen LogP contribution < -0.4 is 16.4 Å². The molecular formula is C8H13N5O2. The molecule has 0 aliphatic carbocycles. The lowest BCUT2D eigenvalue weighted by Gasteiger charge is -2.03. The van der Waals surface area contributed by atoms with Crippen molar-refractivity contribution in [3.05, 3.63) is 11.8 Å². The highest BCUT2D eigenvalue weighted by Crippen LogP contribution is 2.04. The van der Waals surface area contributed by atoms with Crippen LogP contribution in [-0.4, -0.2) is 35.6 Å². The Morgan fingerprint density at radius 2 is 2.33 bits per heavy atom. The first kappa shape index (κ1) is 11.0. The standard InChI is InChI=1S/C8H13N5O2/c1-10-6(14)2-3-11-8(15)5-4-12-13-7(5)9/h4H,2-3H2,1H3,(H,10,14)(H,11,15)(H3,9,12,13). The molecule has 2 amide bonds. The molecule has 15 heavy (non-hydrogen) atoms. The van der Waals surface area contributed by atoms with Gasteiger partial charge in [0.25, 0.3) is 5.91 Å². The van der Waals surface area contributed by atoms with Crippen LogP contribution in [0.4, 0.5) is 5.82 Å². The number of carbonyl (C=O) groups excluding carboxylic acids is 2. The Bertz CT molecular complexity index is 360. The van der Waals surface area contributed by atoms with Gasteiger partial charge in [-0.1, -0.05) is 0 Å². The van der Waals surface area contributed by atoms with E-state index in [9.17, 15) is 9.59 Å². The molecule has 0 unspecified atom stereocenters. The summed E-state index contributed by atoms with van der Waals surface area (Å²) in [5.41, 5.74) is 5.73. The molecule has 1 aromatic heterocycles. The van der Waals surface area contributed by atoms with Crippen molar-refractivity contribution in [2.24, 2.45) is 0 Å². The van der Waals surface area contributed by atoms with Crippen LogP contribution in [0.1, 0.15) is 16.8 Å². The average molecular weight is 211 g/mol. The Hall–Kier alpha value is -2.05. The van der Waals surface area contributed by atoms with Crippen molar-refractivity contribution in [2.45, 2.75) is 6.42 Å². The zero-order valence-electron chi connectivity index (χ0n) is 8.33. The molecule has 0 bridgehead atoms. The molecule has 7 heteroatoms. The Kier molecular flexibility index (Phi) is 3.67. The second kappa shape index (κ2) is 4.99. The van der Waals surface area contributed by atoms with E-state index in [2.05, 4.69) is 20.8 Å². The first-order valence-corrected chi connectivity index (χ1v) is 4.42. The molecule has 1 rings (SSSR count). The highest BCUT2D eigenvalue weighted by Gasteiger charge is 2.10. The largest absolute Gasteiger partial charge is 0.383 e. The van der Waals surface area contributed by atoms with Gasteiger partial charge in [0.1, 0.15) is 11.4 Å². The van der Waals surface area contributed by atoms with E-state index < -0.39 is 0 Å². The molecule has 5 N–H and O–H groups in total. The number of anilines is 1. The number of amides is 2. The molecule has 0 atom stereocenters. The molecule has 0 aromatic carbocycles. The van der Waals surface area contributed by atoms with E-state index in [1.54, 1.807) is 0 Å². The molecule has 7 nitrogen and oxygen atoms in total. The van der Waals surface area contributed by atoms with Crippen LogP contribution in [0, 0.1) is 0 Å². The lowest BCUT2D eigenvalue weighted by atomic mass is 10.3. The summed E-state index contributed by atoms with van der Waals surface area (Å²) in [5, 5.41) is 11.1.